The van der Waals surface area contributed by atoms with Crippen LogP contribution in [0.3, 0.4) is 0 Å². The van der Waals surface area contributed by atoms with Crippen LogP contribution in [0.1, 0.15) is 47.1 Å². The summed E-state index contributed by atoms with van der Waals surface area (Å²) in [4.78, 5) is 21.8. The molecule has 1 amide bonds. The fraction of sp³-hybridized carbons (Fsp3) is 0.450. The molecule has 1 aliphatic rings. The number of hydrogen-bond acceptors (Lipinski definition) is 4. The van der Waals surface area contributed by atoms with E-state index in [2.05, 4.69) is 34.3 Å². The van der Waals surface area contributed by atoms with Crippen molar-refractivity contribution in [2.24, 2.45) is 0 Å². The maximum Gasteiger partial charge on any atom is 0.237 e. The number of rotatable bonds is 4. The van der Waals surface area contributed by atoms with Crippen LogP contribution in [0.15, 0.2) is 17.2 Å². The van der Waals surface area contributed by atoms with Gasteiger partial charge in [-0.15, -0.1) is 0 Å². The average molecular weight is 356 g/mol. The van der Waals surface area contributed by atoms with E-state index >= 15 is 0 Å². The summed E-state index contributed by atoms with van der Waals surface area (Å²) in [6.07, 6.45) is 3.17. The number of fused-ring (bicyclic) bond motifs is 1. The van der Waals surface area contributed by atoms with Gasteiger partial charge in [0.2, 0.25) is 5.91 Å². The molecule has 3 rings (SSSR count). The number of thioether (sulfide) groups is 1. The lowest BCUT2D eigenvalue weighted by atomic mass is 10.1. The minimum absolute atomic E-state index is 0.0167. The number of anilines is 1. The van der Waals surface area contributed by atoms with Gasteiger partial charge in [0, 0.05) is 16.9 Å². The Labute approximate surface area is 153 Å². The van der Waals surface area contributed by atoms with Crippen LogP contribution >= 0.6 is 11.8 Å². The molecule has 1 aromatic heterocycles. The molecule has 1 atom stereocenters. The first kappa shape index (κ1) is 17.9. The smallest absolute Gasteiger partial charge is 0.237 e. The average Bonchev–Trinajstić information content (AvgIpc) is 2.98. The van der Waals surface area contributed by atoms with Gasteiger partial charge in [-0.1, -0.05) is 29.5 Å². The van der Waals surface area contributed by atoms with Gasteiger partial charge in [-0.25, -0.2) is 9.97 Å². The van der Waals surface area contributed by atoms with Crippen molar-refractivity contribution >= 4 is 23.4 Å². The van der Waals surface area contributed by atoms with E-state index in [0.29, 0.717) is 0 Å². The van der Waals surface area contributed by atoms with Crippen molar-refractivity contribution in [2.45, 2.75) is 64.2 Å². The summed E-state index contributed by atoms with van der Waals surface area (Å²) in [5.41, 5.74) is 6.73. The van der Waals surface area contributed by atoms with Crippen molar-refractivity contribution < 1.29 is 4.79 Å². The van der Waals surface area contributed by atoms with E-state index in [9.17, 15) is 4.79 Å². The second-order valence-corrected chi connectivity index (χ2v) is 8.21. The van der Waals surface area contributed by atoms with E-state index in [1.807, 2.05) is 27.7 Å². The molecule has 0 saturated heterocycles. The predicted molar refractivity (Wildman–Crippen MR) is 103 cm³/mol. The first-order chi connectivity index (χ1) is 11.8. The zero-order chi connectivity index (χ0) is 18.1. The maximum atomic E-state index is 12.7. The highest BCUT2D eigenvalue weighted by molar-refractivity contribution is 8.00. The summed E-state index contributed by atoms with van der Waals surface area (Å²) < 4.78 is 0. The van der Waals surface area contributed by atoms with Gasteiger partial charge < -0.3 is 5.32 Å². The Morgan fingerprint density at radius 3 is 2.48 bits per heavy atom. The summed E-state index contributed by atoms with van der Waals surface area (Å²) in [5, 5.41) is 3.87. The Balaban J connectivity index is 1.76. The van der Waals surface area contributed by atoms with Crippen molar-refractivity contribution in [1.82, 2.24) is 9.97 Å². The molecule has 5 heteroatoms. The van der Waals surface area contributed by atoms with E-state index in [1.165, 1.54) is 11.1 Å². The van der Waals surface area contributed by atoms with Crippen molar-refractivity contribution in [1.29, 1.82) is 0 Å². The van der Waals surface area contributed by atoms with Gasteiger partial charge in [-0.3, -0.25) is 4.79 Å². The summed E-state index contributed by atoms with van der Waals surface area (Å²) in [7, 11) is 0. The Bertz CT molecular complexity index is 809. The van der Waals surface area contributed by atoms with Gasteiger partial charge >= 0.3 is 0 Å². The number of aryl methyl sites for hydroxylation is 5. The first-order valence-corrected chi connectivity index (χ1v) is 9.65. The van der Waals surface area contributed by atoms with Crippen molar-refractivity contribution in [3.05, 3.63) is 45.9 Å². The lowest BCUT2D eigenvalue weighted by Crippen LogP contribution is -2.24. The molecule has 2 aromatic rings. The lowest BCUT2D eigenvalue weighted by molar-refractivity contribution is -0.115. The van der Waals surface area contributed by atoms with Crippen LogP contribution in [-0.2, 0) is 17.6 Å². The lowest BCUT2D eigenvalue weighted by Gasteiger charge is -2.17. The molecule has 0 saturated carbocycles. The van der Waals surface area contributed by atoms with Crippen molar-refractivity contribution in [3.63, 3.8) is 0 Å². The number of carbonyl (C=O) groups excluding carboxylic acids is 1. The molecule has 4 nitrogen and oxygen atoms in total. The maximum absolute atomic E-state index is 12.7. The monoisotopic (exact) mass is 355 g/mol. The molecule has 1 aromatic carbocycles. The van der Waals surface area contributed by atoms with E-state index in [0.717, 1.165) is 52.6 Å². The minimum atomic E-state index is -0.209. The van der Waals surface area contributed by atoms with Crippen LogP contribution in [0, 0.1) is 27.7 Å². The number of nitrogens with zero attached hydrogens (tertiary/aromatic N) is 2. The van der Waals surface area contributed by atoms with E-state index in [1.54, 1.807) is 11.8 Å². The number of hydrogen-bond donors (Lipinski definition) is 1. The molecule has 0 aliphatic heterocycles. The molecule has 1 unspecified atom stereocenters. The topological polar surface area (TPSA) is 54.9 Å². The summed E-state index contributed by atoms with van der Waals surface area (Å²) in [6, 6.07) is 4.20. The molecule has 1 N–H and O–H groups in total. The zero-order valence-electron chi connectivity index (χ0n) is 15.6. The Morgan fingerprint density at radius 1 is 1.12 bits per heavy atom. The zero-order valence-corrected chi connectivity index (χ0v) is 16.4. The first-order valence-electron chi connectivity index (χ1n) is 8.77. The van der Waals surface area contributed by atoms with Crippen LogP contribution < -0.4 is 5.32 Å². The fourth-order valence-electron chi connectivity index (χ4n) is 3.44. The van der Waals surface area contributed by atoms with Gasteiger partial charge in [0.25, 0.3) is 0 Å². The largest absolute Gasteiger partial charge is 0.325 e. The quantitative estimate of drug-likeness (QED) is 0.655. The van der Waals surface area contributed by atoms with Crippen LogP contribution in [0.4, 0.5) is 5.69 Å². The van der Waals surface area contributed by atoms with E-state index < -0.39 is 0 Å². The highest BCUT2D eigenvalue weighted by atomic mass is 32.2. The number of benzene rings is 1. The van der Waals surface area contributed by atoms with Crippen LogP contribution in [0.5, 0.6) is 0 Å². The number of aromatic nitrogens is 2. The van der Waals surface area contributed by atoms with Crippen molar-refractivity contribution in [2.75, 3.05) is 5.32 Å². The normalized spacial score (nSPS) is 14.3. The highest BCUT2D eigenvalue weighted by Gasteiger charge is 2.23. The highest BCUT2D eigenvalue weighted by Crippen LogP contribution is 2.32. The van der Waals surface area contributed by atoms with E-state index in [4.69, 9.17) is 0 Å². The van der Waals surface area contributed by atoms with Crippen molar-refractivity contribution in [3.8, 4) is 0 Å². The summed E-state index contributed by atoms with van der Waals surface area (Å²) >= 11 is 1.54. The Hall–Kier alpha value is -1.88. The number of nitrogens with one attached hydrogen (secondary N) is 1. The second kappa shape index (κ2) is 7.16. The third-order valence-electron chi connectivity index (χ3n) is 4.59. The summed E-state index contributed by atoms with van der Waals surface area (Å²) in [6.45, 7) is 10.0. The molecule has 1 heterocycles. The molecule has 132 valence electrons. The van der Waals surface area contributed by atoms with Gasteiger partial charge in [-0.05, 0) is 65.0 Å². The van der Waals surface area contributed by atoms with Crippen LogP contribution in [-0.4, -0.2) is 21.1 Å². The molecular weight excluding hydrogens is 330 g/mol. The van der Waals surface area contributed by atoms with Gasteiger partial charge in [0.15, 0.2) is 0 Å². The Kier molecular flexibility index (Phi) is 5.13. The molecular formula is C20H25N3OS. The molecule has 1 aliphatic carbocycles. The molecule has 0 radical (unpaired) electrons. The van der Waals surface area contributed by atoms with Gasteiger partial charge in [0.05, 0.1) is 5.25 Å². The standard InChI is InChI=1S/C20H25N3OS/c1-11-9-12(2)18(13(3)10-11)23-19(24)14(4)25-20-16-7-6-8-17(16)21-15(5)22-20/h9-10,14H,6-8H2,1-5H3,(H,23,24). The molecule has 0 fully saturated rings. The molecule has 25 heavy (non-hydrogen) atoms. The van der Waals surface area contributed by atoms with Gasteiger partial charge in [0.1, 0.15) is 10.9 Å². The third-order valence-corrected chi connectivity index (χ3v) is 5.72. The summed E-state index contributed by atoms with van der Waals surface area (Å²) in [5.74, 6) is 0.809. The minimum Gasteiger partial charge on any atom is -0.325 e. The molecule has 0 spiro atoms. The Morgan fingerprint density at radius 2 is 1.80 bits per heavy atom. The number of carbonyl (C=O) groups is 1. The predicted octanol–water partition coefficient (Wildman–Crippen LogP) is 4.32. The van der Waals surface area contributed by atoms with Crippen LogP contribution in [0.2, 0.25) is 0 Å². The van der Waals surface area contributed by atoms with Gasteiger partial charge in [-0.2, -0.15) is 0 Å². The fourth-order valence-corrected chi connectivity index (χ4v) is 4.48. The second-order valence-electron chi connectivity index (χ2n) is 6.88. The SMILES string of the molecule is Cc1cc(C)c(NC(=O)C(C)Sc2nc(C)nc3c2CCC3)c(C)c1. The van der Waals surface area contributed by atoms with Crippen LogP contribution in [0.25, 0.3) is 0 Å². The third kappa shape index (κ3) is 3.87. The molecule has 0 bridgehead atoms. The van der Waals surface area contributed by atoms with E-state index in [-0.39, 0.29) is 11.2 Å². The number of amides is 1.